The summed E-state index contributed by atoms with van der Waals surface area (Å²) >= 11 is 0. The lowest BCUT2D eigenvalue weighted by molar-refractivity contribution is 0.0827. The van der Waals surface area contributed by atoms with E-state index in [1.165, 1.54) is 4.90 Å². The zero-order valence-electron chi connectivity index (χ0n) is 15.9. The van der Waals surface area contributed by atoms with Crippen molar-refractivity contribution in [2.75, 3.05) is 24.7 Å². The molecule has 142 valence electrons. The third-order valence-corrected chi connectivity index (χ3v) is 3.60. The zero-order valence-corrected chi connectivity index (χ0v) is 15.9. The molecule has 0 fully saturated rings. The third-order valence-electron chi connectivity index (χ3n) is 3.60. The largest absolute Gasteiger partial charge is 0.345 e. The molecule has 0 aliphatic carbocycles. The molecule has 27 heavy (non-hydrogen) atoms. The first-order valence-corrected chi connectivity index (χ1v) is 8.57. The fourth-order valence-corrected chi connectivity index (χ4v) is 2.33. The van der Waals surface area contributed by atoms with Crippen molar-refractivity contribution in [1.82, 2.24) is 10.2 Å². The van der Waals surface area contributed by atoms with Crippen LogP contribution in [0.2, 0.25) is 0 Å². The van der Waals surface area contributed by atoms with E-state index in [2.05, 4.69) is 16.0 Å². The predicted octanol–water partition coefficient (Wildman–Crippen LogP) is 3.17. The molecular weight excluding hydrogens is 344 g/mol. The third kappa shape index (κ3) is 5.85. The number of anilines is 2. The lowest BCUT2D eigenvalue weighted by atomic mass is 10.1. The van der Waals surface area contributed by atoms with E-state index in [0.717, 1.165) is 0 Å². The van der Waals surface area contributed by atoms with Crippen molar-refractivity contribution in [3.63, 3.8) is 0 Å². The van der Waals surface area contributed by atoms with Crippen molar-refractivity contribution in [3.05, 3.63) is 59.7 Å². The van der Waals surface area contributed by atoms with E-state index in [1.807, 2.05) is 13.8 Å². The second kappa shape index (κ2) is 8.84. The van der Waals surface area contributed by atoms with Crippen LogP contribution in [0.4, 0.5) is 16.2 Å². The van der Waals surface area contributed by atoms with Crippen LogP contribution >= 0.6 is 0 Å². The van der Waals surface area contributed by atoms with Gasteiger partial charge in [0.05, 0.1) is 0 Å². The number of nitrogens with zero attached hydrogens (tertiary/aromatic N) is 1. The van der Waals surface area contributed by atoms with E-state index in [1.54, 1.807) is 62.6 Å². The van der Waals surface area contributed by atoms with Crippen molar-refractivity contribution in [2.24, 2.45) is 0 Å². The maximum atomic E-state index is 12.4. The fourth-order valence-electron chi connectivity index (χ4n) is 2.33. The smallest absolute Gasteiger partial charge is 0.319 e. The second-order valence-electron chi connectivity index (χ2n) is 6.57. The van der Waals surface area contributed by atoms with Crippen molar-refractivity contribution in [3.8, 4) is 0 Å². The Morgan fingerprint density at radius 3 is 2.11 bits per heavy atom. The number of amides is 4. The molecule has 0 unspecified atom stereocenters. The van der Waals surface area contributed by atoms with Crippen LogP contribution in [-0.4, -0.2) is 42.9 Å². The summed E-state index contributed by atoms with van der Waals surface area (Å²) < 4.78 is 0. The average molecular weight is 368 g/mol. The molecule has 0 aliphatic heterocycles. The number of benzene rings is 2. The van der Waals surface area contributed by atoms with E-state index in [0.29, 0.717) is 22.5 Å². The van der Waals surface area contributed by atoms with Gasteiger partial charge in [-0.2, -0.15) is 0 Å². The summed E-state index contributed by atoms with van der Waals surface area (Å²) in [4.78, 5) is 37.6. The molecule has 7 heteroatoms. The summed E-state index contributed by atoms with van der Waals surface area (Å²) in [6.45, 7) is 3.74. The lowest BCUT2D eigenvalue weighted by Gasteiger charge is -2.12. The minimum absolute atomic E-state index is 0.0326. The molecule has 2 aromatic carbocycles. The summed E-state index contributed by atoms with van der Waals surface area (Å²) in [6, 6.07) is 13.0. The Kier molecular flexibility index (Phi) is 6.54. The summed E-state index contributed by atoms with van der Waals surface area (Å²) in [5.74, 6) is -0.441. The Morgan fingerprint density at radius 2 is 1.52 bits per heavy atom. The number of hydrogen-bond acceptors (Lipinski definition) is 3. The average Bonchev–Trinajstić information content (AvgIpc) is 2.61. The highest BCUT2D eigenvalue weighted by Gasteiger charge is 2.11. The van der Waals surface area contributed by atoms with E-state index >= 15 is 0 Å². The number of rotatable bonds is 5. The minimum Gasteiger partial charge on any atom is -0.345 e. The summed E-state index contributed by atoms with van der Waals surface area (Å²) in [7, 11) is 3.34. The van der Waals surface area contributed by atoms with Gasteiger partial charge in [-0.05, 0) is 56.3 Å². The molecule has 4 amide bonds. The molecule has 0 saturated carbocycles. The summed E-state index contributed by atoms with van der Waals surface area (Å²) in [5.41, 5.74) is 2.05. The van der Waals surface area contributed by atoms with Crippen LogP contribution in [-0.2, 0) is 0 Å². The molecule has 2 rings (SSSR count). The Morgan fingerprint density at radius 1 is 0.852 bits per heavy atom. The molecule has 0 radical (unpaired) electrons. The normalized spacial score (nSPS) is 10.3. The second-order valence-corrected chi connectivity index (χ2v) is 6.57. The minimum atomic E-state index is -0.303. The van der Waals surface area contributed by atoms with Crippen LogP contribution in [0, 0.1) is 0 Å². The Hall–Kier alpha value is -3.35. The predicted molar refractivity (Wildman–Crippen MR) is 106 cm³/mol. The topological polar surface area (TPSA) is 90.5 Å². The van der Waals surface area contributed by atoms with Crippen LogP contribution in [0.3, 0.4) is 0 Å². The molecule has 7 nitrogen and oxygen atoms in total. The van der Waals surface area contributed by atoms with Gasteiger partial charge >= 0.3 is 6.03 Å². The summed E-state index contributed by atoms with van der Waals surface area (Å²) in [5, 5.41) is 8.19. The first-order valence-electron chi connectivity index (χ1n) is 8.57. The standard InChI is InChI=1S/C20H24N4O3/c1-13(2)21-20(27)23-16-10-8-14(9-11-16)18(25)22-17-7-5-6-15(12-17)19(26)24(3)4/h5-13H,1-4H3,(H,22,25)(H2,21,23,27). The first kappa shape index (κ1) is 20.0. The number of carbonyl (C=O) groups is 3. The van der Waals surface area contributed by atoms with Crippen molar-refractivity contribution in [1.29, 1.82) is 0 Å². The molecule has 2 aromatic rings. The number of carbonyl (C=O) groups excluding carboxylic acids is 3. The van der Waals surface area contributed by atoms with Gasteiger partial charge < -0.3 is 20.9 Å². The van der Waals surface area contributed by atoms with Crippen LogP contribution < -0.4 is 16.0 Å². The molecule has 0 saturated heterocycles. The van der Waals surface area contributed by atoms with Gasteiger partial charge in [-0.15, -0.1) is 0 Å². The van der Waals surface area contributed by atoms with Gasteiger partial charge in [0.2, 0.25) is 0 Å². The van der Waals surface area contributed by atoms with Gasteiger partial charge in [0.25, 0.3) is 11.8 Å². The first-order chi connectivity index (χ1) is 12.8. The highest BCUT2D eigenvalue weighted by Crippen LogP contribution is 2.15. The highest BCUT2D eigenvalue weighted by atomic mass is 16.2. The summed E-state index contributed by atoms with van der Waals surface area (Å²) in [6.07, 6.45) is 0. The quantitative estimate of drug-likeness (QED) is 0.757. The fraction of sp³-hybridized carbons (Fsp3) is 0.250. The zero-order chi connectivity index (χ0) is 20.0. The molecule has 0 aromatic heterocycles. The maximum Gasteiger partial charge on any atom is 0.319 e. The number of nitrogens with one attached hydrogen (secondary N) is 3. The van der Waals surface area contributed by atoms with Gasteiger partial charge in [-0.3, -0.25) is 9.59 Å². The van der Waals surface area contributed by atoms with Gasteiger partial charge in [0.15, 0.2) is 0 Å². The van der Waals surface area contributed by atoms with E-state index in [9.17, 15) is 14.4 Å². The molecular formula is C20H24N4O3. The van der Waals surface area contributed by atoms with Gasteiger partial charge in [0, 0.05) is 42.6 Å². The molecule has 0 bridgehead atoms. The van der Waals surface area contributed by atoms with Crippen LogP contribution in [0.25, 0.3) is 0 Å². The molecule has 0 atom stereocenters. The number of hydrogen-bond donors (Lipinski definition) is 3. The maximum absolute atomic E-state index is 12.4. The monoisotopic (exact) mass is 368 g/mol. The Bertz CT molecular complexity index is 829. The molecule has 0 aliphatic rings. The van der Waals surface area contributed by atoms with Crippen molar-refractivity contribution < 1.29 is 14.4 Å². The van der Waals surface area contributed by atoms with Crippen molar-refractivity contribution >= 4 is 29.2 Å². The van der Waals surface area contributed by atoms with E-state index in [4.69, 9.17) is 0 Å². The van der Waals surface area contributed by atoms with Gasteiger partial charge in [-0.1, -0.05) is 6.07 Å². The Balaban J connectivity index is 2.03. The molecule has 3 N–H and O–H groups in total. The van der Waals surface area contributed by atoms with Crippen molar-refractivity contribution in [2.45, 2.75) is 19.9 Å². The van der Waals surface area contributed by atoms with Crippen LogP contribution in [0.15, 0.2) is 48.5 Å². The molecule has 0 heterocycles. The lowest BCUT2D eigenvalue weighted by Crippen LogP contribution is -2.34. The molecule has 0 spiro atoms. The SMILES string of the molecule is CC(C)NC(=O)Nc1ccc(C(=O)Nc2cccc(C(=O)N(C)C)c2)cc1. The van der Waals surface area contributed by atoms with Crippen LogP contribution in [0.1, 0.15) is 34.6 Å². The Labute approximate surface area is 158 Å². The van der Waals surface area contributed by atoms with E-state index in [-0.39, 0.29) is 23.9 Å². The number of urea groups is 1. The van der Waals surface area contributed by atoms with Gasteiger partial charge in [0.1, 0.15) is 0 Å². The highest BCUT2D eigenvalue weighted by molar-refractivity contribution is 6.05. The van der Waals surface area contributed by atoms with Crippen LogP contribution in [0.5, 0.6) is 0 Å². The van der Waals surface area contributed by atoms with E-state index < -0.39 is 0 Å². The van der Waals surface area contributed by atoms with Gasteiger partial charge in [-0.25, -0.2) is 4.79 Å².